The van der Waals surface area contributed by atoms with Crippen LogP contribution in [0.25, 0.3) is 0 Å². The highest BCUT2D eigenvalue weighted by molar-refractivity contribution is 6.04. The smallest absolute Gasteiger partial charge is 0.294 e. The van der Waals surface area contributed by atoms with E-state index in [2.05, 4.69) is 10.3 Å². The van der Waals surface area contributed by atoms with E-state index < -0.39 is 0 Å². The van der Waals surface area contributed by atoms with Crippen molar-refractivity contribution in [2.75, 3.05) is 18.0 Å². The van der Waals surface area contributed by atoms with Gasteiger partial charge in [-0.15, -0.1) is 0 Å². The molecule has 0 spiro atoms. The molecular weight excluding hydrogens is 240 g/mol. The maximum atomic E-state index is 12.6. The van der Waals surface area contributed by atoms with E-state index in [1.165, 1.54) is 0 Å². The lowest BCUT2D eigenvalue weighted by molar-refractivity contribution is 0.0974. The SMILES string of the molecule is Cn1ccnc1C(=O)N1CCNCc2ccccc21. The molecule has 1 aliphatic heterocycles. The van der Waals surface area contributed by atoms with Crippen LogP contribution in [-0.2, 0) is 13.6 Å². The molecule has 2 heterocycles. The topological polar surface area (TPSA) is 50.2 Å². The first-order valence-corrected chi connectivity index (χ1v) is 6.35. The van der Waals surface area contributed by atoms with Gasteiger partial charge in [-0.25, -0.2) is 4.98 Å². The van der Waals surface area contributed by atoms with Crippen LogP contribution in [-0.4, -0.2) is 28.5 Å². The summed E-state index contributed by atoms with van der Waals surface area (Å²) in [5.74, 6) is 0.417. The molecule has 2 aromatic rings. The molecule has 0 aliphatic carbocycles. The van der Waals surface area contributed by atoms with Crippen molar-refractivity contribution in [3.63, 3.8) is 0 Å². The Bertz CT molecular complexity index is 605. The molecule has 5 heteroatoms. The molecule has 0 saturated carbocycles. The van der Waals surface area contributed by atoms with Crippen LogP contribution in [0.5, 0.6) is 0 Å². The first-order chi connectivity index (χ1) is 9.27. The van der Waals surface area contributed by atoms with Crippen LogP contribution >= 0.6 is 0 Å². The van der Waals surface area contributed by atoms with Crippen LogP contribution in [0.4, 0.5) is 5.69 Å². The highest BCUT2D eigenvalue weighted by Gasteiger charge is 2.24. The van der Waals surface area contributed by atoms with E-state index in [-0.39, 0.29) is 5.91 Å². The molecule has 0 atom stereocenters. The van der Waals surface area contributed by atoms with Crippen molar-refractivity contribution in [2.24, 2.45) is 7.05 Å². The van der Waals surface area contributed by atoms with Crippen molar-refractivity contribution >= 4 is 11.6 Å². The average Bonchev–Trinajstić information content (AvgIpc) is 2.74. The largest absolute Gasteiger partial charge is 0.330 e. The molecule has 3 rings (SSSR count). The summed E-state index contributed by atoms with van der Waals surface area (Å²) >= 11 is 0. The Balaban J connectivity index is 2.01. The van der Waals surface area contributed by atoms with Crippen LogP contribution in [0, 0.1) is 0 Å². The van der Waals surface area contributed by atoms with Crippen molar-refractivity contribution in [3.8, 4) is 0 Å². The maximum absolute atomic E-state index is 12.6. The Hall–Kier alpha value is -2.14. The number of rotatable bonds is 1. The van der Waals surface area contributed by atoms with Gasteiger partial charge in [0.1, 0.15) is 0 Å². The maximum Gasteiger partial charge on any atom is 0.294 e. The molecule has 1 aromatic heterocycles. The Morgan fingerprint density at radius 3 is 3.00 bits per heavy atom. The zero-order valence-electron chi connectivity index (χ0n) is 10.8. The Kier molecular flexibility index (Phi) is 3.05. The number of nitrogens with zero attached hydrogens (tertiary/aromatic N) is 3. The highest BCUT2D eigenvalue weighted by atomic mass is 16.2. The molecule has 0 fully saturated rings. The lowest BCUT2D eigenvalue weighted by Gasteiger charge is -2.22. The van der Waals surface area contributed by atoms with E-state index in [1.807, 2.05) is 31.3 Å². The van der Waals surface area contributed by atoms with Crippen LogP contribution in [0.2, 0.25) is 0 Å². The van der Waals surface area contributed by atoms with Gasteiger partial charge in [-0.2, -0.15) is 0 Å². The second-order valence-electron chi connectivity index (χ2n) is 4.62. The number of anilines is 1. The number of imidazole rings is 1. The summed E-state index contributed by atoms with van der Waals surface area (Å²) in [4.78, 5) is 18.6. The second kappa shape index (κ2) is 4.85. The third-order valence-corrected chi connectivity index (χ3v) is 3.37. The average molecular weight is 256 g/mol. The summed E-state index contributed by atoms with van der Waals surface area (Å²) in [6, 6.07) is 7.99. The van der Waals surface area contributed by atoms with Crippen molar-refractivity contribution in [2.45, 2.75) is 6.54 Å². The number of para-hydroxylation sites is 1. The van der Waals surface area contributed by atoms with Gasteiger partial charge in [0.05, 0.1) is 0 Å². The lowest BCUT2D eigenvalue weighted by atomic mass is 10.1. The fraction of sp³-hybridized carbons (Fsp3) is 0.286. The fourth-order valence-electron chi connectivity index (χ4n) is 2.36. The molecule has 1 aromatic carbocycles. The number of amides is 1. The summed E-state index contributed by atoms with van der Waals surface area (Å²) in [6.45, 7) is 2.23. The van der Waals surface area contributed by atoms with Gasteiger partial charge >= 0.3 is 0 Å². The van der Waals surface area contributed by atoms with Crippen molar-refractivity contribution in [1.29, 1.82) is 0 Å². The summed E-state index contributed by atoms with van der Waals surface area (Å²) in [6.07, 6.45) is 3.43. The summed E-state index contributed by atoms with van der Waals surface area (Å²) in [5.41, 5.74) is 2.11. The number of nitrogens with one attached hydrogen (secondary N) is 1. The third kappa shape index (κ3) is 2.13. The first-order valence-electron chi connectivity index (χ1n) is 6.35. The number of benzene rings is 1. The molecule has 0 bridgehead atoms. The Labute approximate surface area is 111 Å². The van der Waals surface area contributed by atoms with Gasteiger partial charge in [0.15, 0.2) is 5.82 Å². The van der Waals surface area contributed by atoms with Crippen molar-refractivity contribution in [1.82, 2.24) is 14.9 Å². The van der Waals surface area contributed by atoms with Gasteiger partial charge in [-0.1, -0.05) is 18.2 Å². The number of hydrogen-bond acceptors (Lipinski definition) is 3. The van der Waals surface area contributed by atoms with E-state index >= 15 is 0 Å². The Morgan fingerprint density at radius 2 is 2.21 bits per heavy atom. The number of carbonyl (C=O) groups excluding carboxylic acids is 1. The summed E-state index contributed by atoms with van der Waals surface area (Å²) in [7, 11) is 1.84. The number of carbonyl (C=O) groups is 1. The second-order valence-corrected chi connectivity index (χ2v) is 4.62. The van der Waals surface area contributed by atoms with Gasteiger partial charge in [0, 0.05) is 44.8 Å². The summed E-state index contributed by atoms with van der Waals surface area (Å²) < 4.78 is 1.75. The number of aromatic nitrogens is 2. The highest BCUT2D eigenvalue weighted by Crippen LogP contribution is 2.23. The molecule has 0 radical (unpaired) electrons. The van der Waals surface area contributed by atoms with Crippen molar-refractivity contribution < 1.29 is 4.79 Å². The first kappa shape index (κ1) is 11.9. The van der Waals surface area contributed by atoms with Gasteiger partial charge in [-0.3, -0.25) is 4.79 Å². The minimum Gasteiger partial charge on any atom is -0.330 e. The molecule has 0 unspecified atom stereocenters. The zero-order chi connectivity index (χ0) is 13.2. The van der Waals surface area contributed by atoms with Crippen LogP contribution < -0.4 is 10.2 Å². The number of hydrogen-bond donors (Lipinski definition) is 1. The molecule has 19 heavy (non-hydrogen) atoms. The predicted molar refractivity (Wildman–Crippen MR) is 73.0 cm³/mol. The van der Waals surface area contributed by atoms with E-state index in [0.29, 0.717) is 12.4 Å². The molecule has 5 nitrogen and oxygen atoms in total. The standard InChI is InChI=1S/C14H16N4O/c1-17-8-7-16-13(17)14(19)18-9-6-15-10-11-4-2-3-5-12(11)18/h2-5,7-8,15H,6,9-10H2,1H3. The van der Waals surface area contributed by atoms with E-state index in [1.54, 1.807) is 21.9 Å². The molecule has 1 N–H and O–H groups in total. The zero-order valence-corrected chi connectivity index (χ0v) is 10.8. The molecule has 1 amide bonds. The molecule has 1 aliphatic rings. The van der Waals surface area contributed by atoms with E-state index in [0.717, 1.165) is 24.3 Å². The fourth-order valence-corrected chi connectivity index (χ4v) is 2.36. The minimum absolute atomic E-state index is 0.0522. The van der Waals surface area contributed by atoms with Gasteiger partial charge in [0.25, 0.3) is 5.91 Å². The monoisotopic (exact) mass is 256 g/mol. The van der Waals surface area contributed by atoms with Crippen LogP contribution in [0.1, 0.15) is 16.2 Å². The predicted octanol–water partition coefficient (Wildman–Crippen LogP) is 1.17. The number of aryl methyl sites for hydroxylation is 1. The summed E-state index contributed by atoms with van der Waals surface area (Å²) in [5, 5.41) is 3.33. The molecular formula is C14H16N4O. The number of fused-ring (bicyclic) bond motifs is 1. The van der Waals surface area contributed by atoms with E-state index in [9.17, 15) is 4.79 Å². The van der Waals surface area contributed by atoms with Crippen LogP contribution in [0.15, 0.2) is 36.7 Å². The van der Waals surface area contributed by atoms with Crippen LogP contribution in [0.3, 0.4) is 0 Å². The lowest BCUT2D eigenvalue weighted by Crippen LogP contribution is -2.36. The van der Waals surface area contributed by atoms with Gasteiger partial charge in [-0.05, 0) is 11.6 Å². The van der Waals surface area contributed by atoms with Crippen molar-refractivity contribution in [3.05, 3.63) is 48.0 Å². The quantitative estimate of drug-likeness (QED) is 0.833. The minimum atomic E-state index is -0.0522. The Morgan fingerprint density at radius 1 is 1.37 bits per heavy atom. The molecule has 98 valence electrons. The van der Waals surface area contributed by atoms with Gasteiger partial charge < -0.3 is 14.8 Å². The third-order valence-electron chi connectivity index (χ3n) is 3.37. The normalized spacial score (nSPS) is 14.9. The van der Waals surface area contributed by atoms with E-state index in [4.69, 9.17) is 0 Å². The molecule has 0 saturated heterocycles. The van der Waals surface area contributed by atoms with Gasteiger partial charge in [0.2, 0.25) is 0 Å².